The highest BCUT2D eigenvalue weighted by Gasteiger charge is 1.88. The van der Waals surface area contributed by atoms with Crippen molar-refractivity contribution < 1.29 is 9.53 Å². The molecule has 2 nitrogen and oxygen atoms in total. The van der Waals surface area contributed by atoms with Gasteiger partial charge in [-0.1, -0.05) is 6.92 Å². The zero-order valence-corrected chi connectivity index (χ0v) is 5.13. The number of ether oxygens (including phenoxy) is 1. The van der Waals surface area contributed by atoms with Crippen LogP contribution in [-0.2, 0) is 9.53 Å². The summed E-state index contributed by atoms with van der Waals surface area (Å²) in [5, 5.41) is 0. The zero-order chi connectivity index (χ0) is 6.41. The van der Waals surface area contributed by atoms with E-state index in [-0.39, 0.29) is 5.92 Å². The van der Waals surface area contributed by atoms with Crippen LogP contribution in [0, 0.1) is 5.92 Å². The van der Waals surface area contributed by atoms with Crippen molar-refractivity contribution in [2.45, 2.75) is 6.92 Å². The topological polar surface area (TPSA) is 26.3 Å². The van der Waals surface area contributed by atoms with Gasteiger partial charge in [0.1, 0.15) is 6.29 Å². The van der Waals surface area contributed by atoms with Crippen molar-refractivity contribution in [2.24, 2.45) is 5.92 Å². The third kappa shape index (κ3) is 3.40. The third-order valence-electron chi connectivity index (χ3n) is 0.733. The second kappa shape index (κ2) is 4.37. The maximum Gasteiger partial charge on any atom is 0.126 e. The zero-order valence-electron chi connectivity index (χ0n) is 5.13. The quantitative estimate of drug-likeness (QED) is 0.404. The van der Waals surface area contributed by atoms with Gasteiger partial charge in [0.2, 0.25) is 0 Å². The molecule has 0 rings (SSSR count). The number of hydrogen-bond donors (Lipinski definition) is 0. The molecule has 0 aromatic carbocycles. The number of aldehydes is 1. The van der Waals surface area contributed by atoms with Crippen molar-refractivity contribution >= 4 is 6.29 Å². The van der Waals surface area contributed by atoms with Gasteiger partial charge < -0.3 is 9.53 Å². The van der Waals surface area contributed by atoms with Gasteiger partial charge in [0.25, 0.3) is 0 Å². The minimum atomic E-state index is -0.0325. The Bertz CT molecular complexity index is 86.5. The molecule has 1 atom stereocenters. The van der Waals surface area contributed by atoms with Crippen LogP contribution in [0.4, 0.5) is 0 Å². The molecule has 0 amide bonds. The Morgan fingerprint density at radius 1 is 1.62 bits per heavy atom. The van der Waals surface area contributed by atoms with Crippen molar-refractivity contribution in [2.75, 3.05) is 7.11 Å². The van der Waals surface area contributed by atoms with E-state index in [0.717, 1.165) is 6.29 Å². The van der Waals surface area contributed by atoms with Crippen LogP contribution < -0.4 is 0 Å². The molecular weight excluding hydrogens is 104 g/mol. The smallest absolute Gasteiger partial charge is 0.126 e. The van der Waals surface area contributed by atoms with Gasteiger partial charge in [0.05, 0.1) is 13.4 Å². The molecule has 2 heteroatoms. The van der Waals surface area contributed by atoms with Crippen LogP contribution in [0.3, 0.4) is 0 Å². The lowest BCUT2D eigenvalue weighted by atomic mass is 10.2. The lowest BCUT2D eigenvalue weighted by molar-refractivity contribution is -0.109. The molecule has 0 N–H and O–H groups in total. The van der Waals surface area contributed by atoms with E-state index in [1.54, 1.807) is 20.1 Å². The van der Waals surface area contributed by atoms with Gasteiger partial charge in [-0.25, -0.2) is 0 Å². The minimum absolute atomic E-state index is 0.0325. The second-order valence-corrected chi connectivity index (χ2v) is 1.56. The summed E-state index contributed by atoms with van der Waals surface area (Å²) in [6, 6.07) is 0. The van der Waals surface area contributed by atoms with Gasteiger partial charge in [0.15, 0.2) is 0 Å². The summed E-state index contributed by atoms with van der Waals surface area (Å²) in [7, 11) is 1.55. The Labute approximate surface area is 49.1 Å². The van der Waals surface area contributed by atoms with E-state index in [1.807, 2.05) is 0 Å². The average Bonchev–Trinajstić information content (AvgIpc) is 1.83. The molecule has 46 valence electrons. The Morgan fingerprint density at radius 3 is 2.62 bits per heavy atom. The van der Waals surface area contributed by atoms with E-state index in [1.165, 1.54) is 6.26 Å². The Balaban J connectivity index is 3.35. The van der Waals surface area contributed by atoms with Crippen LogP contribution >= 0.6 is 0 Å². The van der Waals surface area contributed by atoms with E-state index < -0.39 is 0 Å². The van der Waals surface area contributed by atoms with Crippen LogP contribution in [-0.4, -0.2) is 13.4 Å². The van der Waals surface area contributed by atoms with E-state index >= 15 is 0 Å². The van der Waals surface area contributed by atoms with E-state index in [0.29, 0.717) is 0 Å². The fourth-order valence-corrected chi connectivity index (χ4v) is 0.248. The standard InChI is InChI=1S/C6H10O2/c1-6(5-7)3-4-8-2/h3-6H,1-2H3. The molecule has 0 aliphatic rings. The first-order valence-electron chi connectivity index (χ1n) is 2.46. The SMILES string of the molecule is COC=CC(C)C=O. The number of rotatable bonds is 3. The van der Waals surface area contributed by atoms with Gasteiger partial charge in [0, 0.05) is 5.92 Å². The summed E-state index contributed by atoms with van der Waals surface area (Å²) in [5.41, 5.74) is 0. The number of carbonyl (C=O) groups excluding carboxylic acids is 1. The van der Waals surface area contributed by atoms with E-state index in [2.05, 4.69) is 4.74 Å². The molecule has 1 unspecified atom stereocenters. The molecule has 0 aromatic heterocycles. The molecule has 0 aliphatic carbocycles. The highest BCUT2D eigenvalue weighted by Crippen LogP contribution is 1.89. The van der Waals surface area contributed by atoms with Crippen molar-refractivity contribution in [3.05, 3.63) is 12.3 Å². The lowest BCUT2D eigenvalue weighted by Gasteiger charge is -1.89. The summed E-state index contributed by atoms with van der Waals surface area (Å²) in [6.07, 6.45) is 4.04. The number of carbonyl (C=O) groups is 1. The molecule has 8 heavy (non-hydrogen) atoms. The van der Waals surface area contributed by atoms with Crippen molar-refractivity contribution in [1.82, 2.24) is 0 Å². The second-order valence-electron chi connectivity index (χ2n) is 1.56. The summed E-state index contributed by atoms with van der Waals surface area (Å²) in [6.45, 7) is 1.79. The average molecular weight is 114 g/mol. The van der Waals surface area contributed by atoms with Gasteiger partial charge >= 0.3 is 0 Å². The molecule has 0 aliphatic heterocycles. The lowest BCUT2D eigenvalue weighted by Crippen LogP contribution is -1.88. The monoisotopic (exact) mass is 114 g/mol. The first-order chi connectivity index (χ1) is 3.81. The fourth-order valence-electron chi connectivity index (χ4n) is 0.248. The van der Waals surface area contributed by atoms with Crippen molar-refractivity contribution in [3.63, 3.8) is 0 Å². The largest absolute Gasteiger partial charge is 0.505 e. The molecule has 0 bridgehead atoms. The van der Waals surface area contributed by atoms with E-state index in [4.69, 9.17) is 0 Å². The number of hydrogen-bond acceptors (Lipinski definition) is 2. The molecule has 0 radical (unpaired) electrons. The molecule has 0 fully saturated rings. The van der Waals surface area contributed by atoms with Gasteiger partial charge in [-0.2, -0.15) is 0 Å². The van der Waals surface area contributed by atoms with Gasteiger partial charge in [-0.05, 0) is 6.08 Å². The number of methoxy groups -OCH3 is 1. The normalized spacial score (nSPS) is 13.8. The van der Waals surface area contributed by atoms with Crippen LogP contribution in [0.5, 0.6) is 0 Å². The maximum atomic E-state index is 9.90. The first kappa shape index (κ1) is 7.21. The predicted molar refractivity (Wildman–Crippen MR) is 31.4 cm³/mol. The Kier molecular flexibility index (Phi) is 3.94. The molecule has 0 heterocycles. The summed E-state index contributed by atoms with van der Waals surface area (Å²) in [5.74, 6) is -0.0325. The van der Waals surface area contributed by atoms with E-state index in [9.17, 15) is 4.79 Å². The summed E-state index contributed by atoms with van der Waals surface area (Å²) >= 11 is 0. The highest BCUT2D eigenvalue weighted by atomic mass is 16.5. The van der Waals surface area contributed by atoms with Crippen LogP contribution in [0.15, 0.2) is 12.3 Å². The number of allylic oxidation sites excluding steroid dienone is 1. The van der Waals surface area contributed by atoms with Crippen LogP contribution in [0.25, 0.3) is 0 Å². The van der Waals surface area contributed by atoms with Gasteiger partial charge in [-0.3, -0.25) is 0 Å². The van der Waals surface area contributed by atoms with Gasteiger partial charge in [-0.15, -0.1) is 0 Å². The third-order valence-corrected chi connectivity index (χ3v) is 0.733. The Hall–Kier alpha value is -0.790. The molecule has 0 saturated carbocycles. The maximum absolute atomic E-state index is 9.90. The summed E-state index contributed by atoms with van der Waals surface area (Å²) < 4.78 is 4.57. The Morgan fingerprint density at radius 2 is 2.25 bits per heavy atom. The van der Waals surface area contributed by atoms with Crippen molar-refractivity contribution in [1.29, 1.82) is 0 Å². The summed E-state index contributed by atoms with van der Waals surface area (Å²) in [4.78, 5) is 9.90. The predicted octanol–water partition coefficient (Wildman–Crippen LogP) is 0.982. The van der Waals surface area contributed by atoms with Crippen molar-refractivity contribution in [3.8, 4) is 0 Å². The highest BCUT2D eigenvalue weighted by molar-refractivity contribution is 5.55. The fraction of sp³-hybridized carbons (Fsp3) is 0.500. The molecule has 0 spiro atoms. The molecule has 0 aromatic rings. The first-order valence-corrected chi connectivity index (χ1v) is 2.46. The van der Waals surface area contributed by atoms with Crippen LogP contribution in [0.1, 0.15) is 6.92 Å². The molecule has 0 saturated heterocycles. The van der Waals surface area contributed by atoms with Crippen LogP contribution in [0.2, 0.25) is 0 Å². The molecular formula is C6H10O2. The minimum Gasteiger partial charge on any atom is -0.505 e.